The van der Waals surface area contributed by atoms with E-state index in [9.17, 15) is 0 Å². The fraction of sp³-hybridized carbons (Fsp3) is 0.545. The lowest BCUT2D eigenvalue weighted by molar-refractivity contribution is 0.465. The zero-order valence-corrected chi connectivity index (χ0v) is 9.17. The zero-order chi connectivity index (χ0) is 9.84. The number of nitrogens with zero attached hydrogens (tertiary/aromatic N) is 1. The van der Waals surface area contributed by atoms with E-state index < -0.39 is 0 Å². The van der Waals surface area contributed by atoms with Crippen LogP contribution in [0.15, 0.2) is 18.2 Å². The number of rotatable bonds is 3. The Morgan fingerprint density at radius 2 is 2.08 bits per heavy atom. The van der Waals surface area contributed by atoms with Crippen LogP contribution in [0.4, 0.5) is 0 Å². The number of aromatic nitrogens is 1. The Balaban J connectivity index is 2.82. The minimum Gasteiger partial charge on any atom is -0.241 e. The summed E-state index contributed by atoms with van der Waals surface area (Å²) in [5, 5.41) is 0.590. The van der Waals surface area contributed by atoms with Gasteiger partial charge in [-0.1, -0.05) is 44.9 Å². The van der Waals surface area contributed by atoms with Crippen molar-refractivity contribution < 1.29 is 0 Å². The van der Waals surface area contributed by atoms with Crippen LogP contribution in [0.5, 0.6) is 0 Å². The van der Waals surface area contributed by atoms with Crippen molar-refractivity contribution in [3.63, 3.8) is 0 Å². The minimum atomic E-state index is 0.490. The molecule has 0 radical (unpaired) electrons. The second kappa shape index (κ2) is 4.61. The summed E-state index contributed by atoms with van der Waals surface area (Å²) in [7, 11) is 0. The first-order valence-electron chi connectivity index (χ1n) is 4.77. The molecule has 0 saturated heterocycles. The highest BCUT2D eigenvalue weighted by atomic mass is 35.5. The van der Waals surface area contributed by atoms with E-state index in [4.69, 9.17) is 11.6 Å². The third-order valence-electron chi connectivity index (χ3n) is 2.70. The molecular weight excluding hydrogens is 182 g/mol. The highest BCUT2D eigenvalue weighted by Crippen LogP contribution is 2.25. The Morgan fingerprint density at radius 1 is 1.38 bits per heavy atom. The van der Waals surface area contributed by atoms with Gasteiger partial charge in [0, 0.05) is 11.6 Å². The van der Waals surface area contributed by atoms with Crippen molar-refractivity contribution in [2.75, 3.05) is 0 Å². The van der Waals surface area contributed by atoms with Crippen LogP contribution in [0.25, 0.3) is 0 Å². The Hall–Kier alpha value is -0.560. The Kier molecular flexibility index (Phi) is 3.73. The van der Waals surface area contributed by atoms with Crippen molar-refractivity contribution in [1.82, 2.24) is 4.98 Å². The predicted molar refractivity (Wildman–Crippen MR) is 57.1 cm³/mol. The molecule has 1 aromatic rings. The Labute approximate surface area is 85.1 Å². The molecule has 0 aromatic carbocycles. The van der Waals surface area contributed by atoms with Crippen LogP contribution in [-0.2, 0) is 0 Å². The Morgan fingerprint density at radius 3 is 2.62 bits per heavy atom. The summed E-state index contributed by atoms with van der Waals surface area (Å²) < 4.78 is 0. The van der Waals surface area contributed by atoms with Crippen LogP contribution in [0, 0.1) is 5.92 Å². The van der Waals surface area contributed by atoms with E-state index in [1.807, 2.05) is 18.2 Å². The molecule has 0 N–H and O–H groups in total. The van der Waals surface area contributed by atoms with E-state index in [1.54, 1.807) is 0 Å². The first kappa shape index (κ1) is 10.5. The van der Waals surface area contributed by atoms with E-state index in [0.717, 1.165) is 5.69 Å². The highest BCUT2D eigenvalue weighted by Gasteiger charge is 2.13. The van der Waals surface area contributed by atoms with Crippen LogP contribution in [0.3, 0.4) is 0 Å². The van der Waals surface area contributed by atoms with Crippen molar-refractivity contribution in [3.05, 3.63) is 29.0 Å². The third-order valence-corrected chi connectivity index (χ3v) is 2.91. The highest BCUT2D eigenvalue weighted by molar-refractivity contribution is 6.29. The average molecular weight is 198 g/mol. The molecule has 0 fully saturated rings. The molecule has 1 nitrogen and oxygen atoms in total. The molecule has 0 saturated carbocycles. The van der Waals surface area contributed by atoms with Gasteiger partial charge in [-0.3, -0.25) is 0 Å². The summed E-state index contributed by atoms with van der Waals surface area (Å²) in [6.45, 7) is 6.64. The van der Waals surface area contributed by atoms with Gasteiger partial charge in [-0.2, -0.15) is 0 Å². The van der Waals surface area contributed by atoms with Crippen LogP contribution < -0.4 is 0 Å². The van der Waals surface area contributed by atoms with Gasteiger partial charge < -0.3 is 0 Å². The SMILES string of the molecule is CCC(C)C(C)c1cccc(Cl)n1. The van der Waals surface area contributed by atoms with Gasteiger partial charge in [0.05, 0.1) is 0 Å². The fourth-order valence-electron chi connectivity index (χ4n) is 1.32. The standard InChI is InChI=1S/C11H16ClN/c1-4-8(2)9(3)10-6-5-7-11(12)13-10/h5-9H,4H2,1-3H3. The van der Waals surface area contributed by atoms with E-state index in [0.29, 0.717) is 17.0 Å². The van der Waals surface area contributed by atoms with Crippen LogP contribution in [-0.4, -0.2) is 4.98 Å². The van der Waals surface area contributed by atoms with Gasteiger partial charge in [-0.05, 0) is 18.1 Å². The van der Waals surface area contributed by atoms with Gasteiger partial charge >= 0.3 is 0 Å². The molecule has 0 bridgehead atoms. The molecule has 2 atom stereocenters. The largest absolute Gasteiger partial charge is 0.241 e. The number of pyridine rings is 1. The molecule has 1 rings (SSSR count). The quantitative estimate of drug-likeness (QED) is 0.671. The molecule has 0 aliphatic carbocycles. The van der Waals surface area contributed by atoms with Gasteiger partial charge in [-0.25, -0.2) is 4.98 Å². The van der Waals surface area contributed by atoms with E-state index in [2.05, 4.69) is 25.8 Å². The van der Waals surface area contributed by atoms with Crippen LogP contribution in [0.2, 0.25) is 5.15 Å². The summed E-state index contributed by atoms with van der Waals surface area (Å²) in [5.74, 6) is 1.15. The van der Waals surface area contributed by atoms with E-state index in [-0.39, 0.29) is 0 Å². The molecule has 1 aromatic heterocycles. The predicted octanol–water partition coefficient (Wildman–Crippen LogP) is 3.88. The van der Waals surface area contributed by atoms with Crippen molar-refractivity contribution in [2.45, 2.75) is 33.1 Å². The molecule has 0 aliphatic rings. The summed E-state index contributed by atoms with van der Waals surface area (Å²) in [6, 6.07) is 5.82. The zero-order valence-electron chi connectivity index (χ0n) is 8.42. The normalized spacial score (nSPS) is 15.4. The number of halogens is 1. The maximum atomic E-state index is 5.83. The molecule has 2 heteroatoms. The monoisotopic (exact) mass is 197 g/mol. The number of hydrogen-bond acceptors (Lipinski definition) is 1. The lowest BCUT2D eigenvalue weighted by Crippen LogP contribution is -2.06. The van der Waals surface area contributed by atoms with Gasteiger partial charge in [0.15, 0.2) is 0 Å². The molecule has 0 amide bonds. The molecule has 0 aliphatic heterocycles. The summed E-state index contributed by atoms with van der Waals surface area (Å²) in [6.07, 6.45) is 1.18. The maximum Gasteiger partial charge on any atom is 0.129 e. The Bertz CT molecular complexity index is 273. The third kappa shape index (κ3) is 2.70. The molecular formula is C11H16ClN. The smallest absolute Gasteiger partial charge is 0.129 e. The average Bonchev–Trinajstić information content (AvgIpc) is 2.15. The summed E-state index contributed by atoms with van der Waals surface area (Å²) in [5.41, 5.74) is 1.10. The maximum absolute atomic E-state index is 5.83. The molecule has 0 spiro atoms. The lowest BCUT2D eigenvalue weighted by atomic mass is 9.90. The van der Waals surface area contributed by atoms with Crippen molar-refractivity contribution >= 4 is 11.6 Å². The fourth-order valence-corrected chi connectivity index (χ4v) is 1.49. The number of hydrogen-bond donors (Lipinski definition) is 0. The summed E-state index contributed by atoms with van der Waals surface area (Å²) >= 11 is 5.83. The summed E-state index contributed by atoms with van der Waals surface area (Å²) in [4.78, 5) is 4.31. The van der Waals surface area contributed by atoms with Crippen molar-refractivity contribution in [3.8, 4) is 0 Å². The van der Waals surface area contributed by atoms with E-state index in [1.165, 1.54) is 6.42 Å². The van der Waals surface area contributed by atoms with Gasteiger partial charge in [0.1, 0.15) is 5.15 Å². The van der Waals surface area contributed by atoms with Gasteiger partial charge in [0.2, 0.25) is 0 Å². The molecule has 72 valence electrons. The minimum absolute atomic E-state index is 0.490. The van der Waals surface area contributed by atoms with Gasteiger partial charge in [-0.15, -0.1) is 0 Å². The topological polar surface area (TPSA) is 12.9 Å². The second-order valence-corrected chi connectivity index (χ2v) is 3.95. The van der Waals surface area contributed by atoms with E-state index >= 15 is 0 Å². The van der Waals surface area contributed by atoms with Crippen molar-refractivity contribution in [1.29, 1.82) is 0 Å². The first-order valence-corrected chi connectivity index (χ1v) is 5.15. The molecule has 13 heavy (non-hydrogen) atoms. The van der Waals surface area contributed by atoms with Crippen LogP contribution in [0.1, 0.15) is 38.8 Å². The van der Waals surface area contributed by atoms with Gasteiger partial charge in [0.25, 0.3) is 0 Å². The lowest BCUT2D eigenvalue weighted by Gasteiger charge is -2.17. The molecule has 1 heterocycles. The first-order chi connectivity index (χ1) is 6.15. The van der Waals surface area contributed by atoms with Crippen LogP contribution >= 0.6 is 11.6 Å². The molecule has 2 unspecified atom stereocenters. The van der Waals surface area contributed by atoms with Crippen molar-refractivity contribution in [2.24, 2.45) is 5.92 Å². The second-order valence-electron chi connectivity index (χ2n) is 3.56.